The minimum absolute atomic E-state index is 0.0829. The van der Waals surface area contributed by atoms with E-state index < -0.39 is 6.10 Å². The molecule has 0 radical (unpaired) electrons. The van der Waals surface area contributed by atoms with Crippen molar-refractivity contribution in [1.29, 1.82) is 0 Å². The van der Waals surface area contributed by atoms with Crippen LogP contribution >= 0.6 is 15.9 Å². The average Bonchev–Trinajstić information content (AvgIpc) is 2.36. The van der Waals surface area contributed by atoms with Gasteiger partial charge in [0.25, 0.3) is 0 Å². The maximum atomic E-state index is 9.74. The lowest BCUT2D eigenvalue weighted by molar-refractivity contribution is -0.0407. The topological polar surface area (TPSA) is 41.9 Å². The Balaban J connectivity index is 2.00. The first-order valence-electron chi connectivity index (χ1n) is 6.46. The summed E-state index contributed by atoms with van der Waals surface area (Å²) in [6.45, 7) is 4.82. The van der Waals surface area contributed by atoms with Crippen molar-refractivity contribution in [2.75, 3.05) is 33.4 Å². The van der Waals surface area contributed by atoms with E-state index in [1.54, 1.807) is 6.92 Å². The summed E-state index contributed by atoms with van der Waals surface area (Å²) in [5, 5.41) is 9.74. The quantitative estimate of drug-likeness (QED) is 0.919. The second kappa shape index (κ2) is 6.70. The highest BCUT2D eigenvalue weighted by Gasteiger charge is 2.19. The molecule has 0 bridgehead atoms. The van der Waals surface area contributed by atoms with Crippen molar-refractivity contribution in [3.63, 3.8) is 0 Å². The zero-order chi connectivity index (χ0) is 13.8. The van der Waals surface area contributed by atoms with E-state index in [4.69, 9.17) is 9.47 Å². The number of benzene rings is 1. The summed E-state index contributed by atoms with van der Waals surface area (Å²) in [7, 11) is 2.08. The van der Waals surface area contributed by atoms with Gasteiger partial charge in [0.1, 0.15) is 18.5 Å². The molecule has 5 heteroatoms. The van der Waals surface area contributed by atoms with Gasteiger partial charge in [-0.15, -0.1) is 0 Å². The van der Waals surface area contributed by atoms with Gasteiger partial charge < -0.3 is 19.5 Å². The van der Waals surface area contributed by atoms with Crippen molar-refractivity contribution in [2.45, 2.75) is 19.1 Å². The molecular weight excluding hydrogens is 310 g/mol. The van der Waals surface area contributed by atoms with Crippen LogP contribution in [-0.2, 0) is 4.74 Å². The number of rotatable bonds is 4. The molecule has 0 saturated carbocycles. The molecule has 1 N–H and O–H groups in total. The van der Waals surface area contributed by atoms with Crippen LogP contribution in [0.1, 0.15) is 18.6 Å². The number of ether oxygens (including phenoxy) is 2. The normalized spacial score (nSPS) is 22.2. The predicted molar refractivity (Wildman–Crippen MR) is 77.5 cm³/mol. The number of aliphatic hydroxyl groups excluding tert-OH is 1. The van der Waals surface area contributed by atoms with Gasteiger partial charge in [-0.25, -0.2) is 0 Å². The molecular formula is C14H20BrNO3. The highest BCUT2D eigenvalue weighted by molar-refractivity contribution is 9.10. The van der Waals surface area contributed by atoms with E-state index in [0.29, 0.717) is 12.4 Å². The van der Waals surface area contributed by atoms with Crippen molar-refractivity contribution in [3.05, 3.63) is 28.2 Å². The monoisotopic (exact) mass is 329 g/mol. The van der Waals surface area contributed by atoms with E-state index in [1.807, 2.05) is 18.2 Å². The Hall–Kier alpha value is -0.620. The fourth-order valence-electron chi connectivity index (χ4n) is 2.13. The fourth-order valence-corrected chi connectivity index (χ4v) is 2.47. The molecule has 19 heavy (non-hydrogen) atoms. The molecule has 0 amide bonds. The highest BCUT2D eigenvalue weighted by atomic mass is 79.9. The largest absolute Gasteiger partial charge is 0.490 e. The van der Waals surface area contributed by atoms with Gasteiger partial charge >= 0.3 is 0 Å². The molecule has 1 saturated heterocycles. The maximum Gasteiger partial charge on any atom is 0.126 e. The zero-order valence-corrected chi connectivity index (χ0v) is 12.9. The van der Waals surface area contributed by atoms with Gasteiger partial charge in [-0.3, -0.25) is 0 Å². The summed E-state index contributed by atoms with van der Waals surface area (Å²) in [6, 6.07) is 5.66. The number of halogens is 1. The summed E-state index contributed by atoms with van der Waals surface area (Å²) in [6.07, 6.45) is -0.461. The third kappa shape index (κ3) is 4.18. The Morgan fingerprint density at radius 3 is 3.05 bits per heavy atom. The van der Waals surface area contributed by atoms with Gasteiger partial charge in [0, 0.05) is 23.1 Å². The molecule has 1 heterocycles. The van der Waals surface area contributed by atoms with E-state index in [9.17, 15) is 5.11 Å². The summed E-state index contributed by atoms with van der Waals surface area (Å²) in [5.41, 5.74) is 0.798. The minimum atomic E-state index is -0.543. The Bertz CT molecular complexity index is 425. The van der Waals surface area contributed by atoms with E-state index in [2.05, 4.69) is 27.9 Å². The SMILES string of the molecule is C[C@H](O)c1ccc(Br)cc1OCC1CN(C)CCO1. The first-order valence-corrected chi connectivity index (χ1v) is 7.26. The van der Waals surface area contributed by atoms with Crippen LogP contribution in [0.5, 0.6) is 5.75 Å². The number of nitrogens with zero attached hydrogens (tertiary/aromatic N) is 1. The van der Waals surface area contributed by atoms with Crippen molar-refractivity contribution in [1.82, 2.24) is 4.90 Å². The lowest BCUT2D eigenvalue weighted by Gasteiger charge is -2.30. The molecule has 1 fully saturated rings. The molecule has 1 unspecified atom stereocenters. The van der Waals surface area contributed by atoms with Gasteiger partial charge in [-0.05, 0) is 26.1 Å². The molecule has 4 nitrogen and oxygen atoms in total. The zero-order valence-electron chi connectivity index (χ0n) is 11.3. The first-order chi connectivity index (χ1) is 9.06. The van der Waals surface area contributed by atoms with E-state index in [-0.39, 0.29) is 6.10 Å². The molecule has 0 spiro atoms. The van der Waals surface area contributed by atoms with Gasteiger partial charge in [0.15, 0.2) is 0 Å². The number of hydrogen-bond donors (Lipinski definition) is 1. The van der Waals surface area contributed by atoms with Crippen molar-refractivity contribution in [3.8, 4) is 5.75 Å². The van der Waals surface area contributed by atoms with Crippen LogP contribution in [0.15, 0.2) is 22.7 Å². The molecule has 1 aromatic rings. The summed E-state index contributed by atoms with van der Waals surface area (Å²) in [5.74, 6) is 0.709. The van der Waals surface area contributed by atoms with Crippen molar-refractivity contribution < 1.29 is 14.6 Å². The Kier molecular flexibility index (Phi) is 5.21. The fraction of sp³-hybridized carbons (Fsp3) is 0.571. The van der Waals surface area contributed by atoms with Gasteiger partial charge in [-0.1, -0.05) is 22.0 Å². The number of morpholine rings is 1. The maximum absolute atomic E-state index is 9.74. The molecule has 2 atom stereocenters. The minimum Gasteiger partial charge on any atom is -0.490 e. The van der Waals surface area contributed by atoms with Crippen LogP contribution in [0.3, 0.4) is 0 Å². The molecule has 1 aromatic carbocycles. The number of aliphatic hydroxyl groups is 1. The molecule has 1 aliphatic heterocycles. The standard InChI is InChI=1S/C14H20BrNO3/c1-10(17)13-4-3-11(15)7-14(13)19-9-12-8-16(2)5-6-18-12/h3-4,7,10,12,17H,5-6,8-9H2,1-2H3/t10-,12?/m0/s1. The van der Waals surface area contributed by atoms with E-state index in [1.165, 1.54) is 0 Å². The molecule has 2 rings (SSSR count). The second-order valence-corrected chi connectivity index (χ2v) is 5.84. The van der Waals surface area contributed by atoms with Crippen LogP contribution in [-0.4, -0.2) is 49.5 Å². The van der Waals surface area contributed by atoms with Gasteiger partial charge in [0.2, 0.25) is 0 Å². The van der Waals surface area contributed by atoms with Crippen LogP contribution in [0.25, 0.3) is 0 Å². The lowest BCUT2D eigenvalue weighted by atomic mass is 10.1. The molecule has 0 aromatic heterocycles. The number of hydrogen-bond acceptors (Lipinski definition) is 4. The third-order valence-corrected chi connectivity index (χ3v) is 3.69. The summed E-state index contributed by atoms with van der Waals surface area (Å²) >= 11 is 3.42. The van der Waals surface area contributed by atoms with Crippen LogP contribution < -0.4 is 4.74 Å². The van der Waals surface area contributed by atoms with Crippen molar-refractivity contribution >= 4 is 15.9 Å². The molecule has 106 valence electrons. The molecule has 0 aliphatic carbocycles. The average molecular weight is 330 g/mol. The third-order valence-electron chi connectivity index (χ3n) is 3.19. The molecule has 1 aliphatic rings. The predicted octanol–water partition coefficient (Wildman–Crippen LogP) is 2.21. The van der Waals surface area contributed by atoms with Crippen LogP contribution in [0, 0.1) is 0 Å². The van der Waals surface area contributed by atoms with E-state index >= 15 is 0 Å². The van der Waals surface area contributed by atoms with Crippen LogP contribution in [0.2, 0.25) is 0 Å². The summed E-state index contributed by atoms with van der Waals surface area (Å²) < 4.78 is 12.4. The van der Waals surface area contributed by atoms with Gasteiger partial charge in [0.05, 0.1) is 12.7 Å². The van der Waals surface area contributed by atoms with E-state index in [0.717, 1.165) is 29.7 Å². The Morgan fingerprint density at radius 1 is 1.58 bits per heavy atom. The second-order valence-electron chi connectivity index (χ2n) is 4.92. The summed E-state index contributed by atoms with van der Waals surface area (Å²) in [4.78, 5) is 2.23. The Morgan fingerprint density at radius 2 is 2.37 bits per heavy atom. The van der Waals surface area contributed by atoms with Crippen LogP contribution in [0.4, 0.5) is 0 Å². The Labute approximate surface area is 122 Å². The highest BCUT2D eigenvalue weighted by Crippen LogP contribution is 2.28. The van der Waals surface area contributed by atoms with Gasteiger partial charge in [-0.2, -0.15) is 0 Å². The first kappa shape index (κ1) is 14.8. The lowest BCUT2D eigenvalue weighted by Crippen LogP contribution is -2.42. The smallest absolute Gasteiger partial charge is 0.126 e. The number of likely N-dealkylation sites (N-methyl/N-ethyl adjacent to an activating group) is 1. The van der Waals surface area contributed by atoms with Crippen molar-refractivity contribution in [2.24, 2.45) is 0 Å².